The summed E-state index contributed by atoms with van der Waals surface area (Å²) >= 11 is 0. The number of benzene rings is 1. The molecule has 1 aromatic heterocycles. The molecule has 0 atom stereocenters. The standard InChI is InChI=1S/C25H36N4O/c1-20-18-26-24(27-20)19-28-13-9-21(10-14-28)7-8-25(30)29-15-11-23(12-16-29)17-22-5-3-2-4-6-22/h2-6,18,21,23H,7-17,19H2,1H3,(H,26,27). The van der Waals surface area contributed by atoms with Gasteiger partial charge < -0.3 is 9.88 Å². The normalized spacial score (nSPS) is 19.3. The van der Waals surface area contributed by atoms with Crippen LogP contribution in [0.4, 0.5) is 0 Å². The predicted molar refractivity (Wildman–Crippen MR) is 120 cm³/mol. The molecule has 2 saturated heterocycles. The Morgan fingerprint density at radius 3 is 2.40 bits per heavy atom. The van der Waals surface area contributed by atoms with E-state index < -0.39 is 0 Å². The summed E-state index contributed by atoms with van der Waals surface area (Å²) in [6.45, 7) is 7.07. The van der Waals surface area contributed by atoms with Crippen molar-refractivity contribution in [3.63, 3.8) is 0 Å². The van der Waals surface area contributed by atoms with Gasteiger partial charge in [-0.1, -0.05) is 30.3 Å². The smallest absolute Gasteiger partial charge is 0.222 e. The van der Waals surface area contributed by atoms with Crippen molar-refractivity contribution in [3.8, 4) is 0 Å². The van der Waals surface area contributed by atoms with Gasteiger partial charge in [-0.25, -0.2) is 4.98 Å². The van der Waals surface area contributed by atoms with Gasteiger partial charge in [0.2, 0.25) is 5.91 Å². The van der Waals surface area contributed by atoms with Crippen LogP contribution in [0.3, 0.4) is 0 Å². The fraction of sp³-hybridized carbons (Fsp3) is 0.600. The molecule has 1 N–H and O–H groups in total. The molecule has 1 amide bonds. The van der Waals surface area contributed by atoms with Crippen molar-refractivity contribution in [2.24, 2.45) is 11.8 Å². The highest BCUT2D eigenvalue weighted by molar-refractivity contribution is 5.76. The summed E-state index contributed by atoms with van der Waals surface area (Å²) in [6.07, 6.45) is 9.52. The Bertz CT molecular complexity index is 786. The minimum absolute atomic E-state index is 0.377. The molecule has 0 spiro atoms. The maximum absolute atomic E-state index is 12.7. The average Bonchev–Trinajstić information content (AvgIpc) is 3.19. The van der Waals surface area contributed by atoms with Crippen molar-refractivity contribution < 1.29 is 4.79 Å². The van der Waals surface area contributed by atoms with Gasteiger partial charge in [0.1, 0.15) is 5.82 Å². The zero-order chi connectivity index (χ0) is 20.8. The molecule has 0 bridgehead atoms. The molecule has 0 radical (unpaired) electrons. The lowest BCUT2D eigenvalue weighted by Crippen LogP contribution is -2.39. The number of aryl methyl sites for hydroxylation is 1. The number of piperidine rings is 2. The highest BCUT2D eigenvalue weighted by atomic mass is 16.2. The lowest BCUT2D eigenvalue weighted by Gasteiger charge is -2.34. The summed E-state index contributed by atoms with van der Waals surface area (Å²) in [7, 11) is 0. The second-order valence-corrected chi connectivity index (χ2v) is 9.28. The first-order chi connectivity index (χ1) is 14.7. The molecule has 2 aromatic rings. The summed E-state index contributed by atoms with van der Waals surface area (Å²) in [6, 6.07) is 10.8. The third kappa shape index (κ3) is 5.94. The fourth-order valence-corrected chi connectivity index (χ4v) is 5.01. The van der Waals surface area contributed by atoms with Crippen molar-refractivity contribution in [1.29, 1.82) is 0 Å². The largest absolute Gasteiger partial charge is 0.345 e. The summed E-state index contributed by atoms with van der Waals surface area (Å²) in [4.78, 5) is 25.1. The molecule has 3 heterocycles. The highest BCUT2D eigenvalue weighted by Crippen LogP contribution is 2.25. The summed E-state index contributed by atoms with van der Waals surface area (Å²) < 4.78 is 0. The van der Waals surface area contributed by atoms with E-state index in [4.69, 9.17) is 0 Å². The molecular formula is C25H36N4O. The second kappa shape index (κ2) is 10.3. The number of aromatic nitrogens is 2. The Kier molecular flexibility index (Phi) is 7.21. The zero-order valence-corrected chi connectivity index (χ0v) is 18.4. The SMILES string of the molecule is Cc1cnc(CN2CCC(CCC(=O)N3CCC(Cc4ccccc4)CC3)CC2)[nH]1. The molecule has 0 unspecified atom stereocenters. The van der Waals surface area contributed by atoms with Crippen molar-refractivity contribution in [2.45, 2.75) is 58.4 Å². The van der Waals surface area contributed by atoms with Crippen LogP contribution in [0.5, 0.6) is 0 Å². The van der Waals surface area contributed by atoms with Crippen molar-refractivity contribution >= 4 is 5.91 Å². The molecule has 162 valence electrons. The number of nitrogens with zero attached hydrogens (tertiary/aromatic N) is 3. The molecule has 5 heteroatoms. The van der Waals surface area contributed by atoms with Gasteiger partial charge in [0.25, 0.3) is 0 Å². The van der Waals surface area contributed by atoms with Gasteiger partial charge in [0, 0.05) is 31.4 Å². The summed E-state index contributed by atoms with van der Waals surface area (Å²) in [5, 5.41) is 0. The monoisotopic (exact) mass is 408 g/mol. The first kappa shape index (κ1) is 21.1. The van der Waals surface area contributed by atoms with Crippen molar-refractivity contribution in [2.75, 3.05) is 26.2 Å². The van der Waals surface area contributed by atoms with E-state index in [9.17, 15) is 4.79 Å². The first-order valence-corrected chi connectivity index (χ1v) is 11.7. The van der Waals surface area contributed by atoms with Gasteiger partial charge in [-0.2, -0.15) is 0 Å². The summed E-state index contributed by atoms with van der Waals surface area (Å²) in [5.41, 5.74) is 2.55. The number of hydrogen-bond donors (Lipinski definition) is 1. The van der Waals surface area contributed by atoms with Crippen LogP contribution in [0.15, 0.2) is 36.5 Å². The third-order valence-corrected chi connectivity index (χ3v) is 6.94. The topological polar surface area (TPSA) is 52.2 Å². The molecule has 2 aliphatic rings. The zero-order valence-electron chi connectivity index (χ0n) is 18.4. The Hall–Kier alpha value is -2.14. The number of carbonyl (C=O) groups excluding carboxylic acids is 1. The van der Waals surface area contributed by atoms with Crippen molar-refractivity contribution in [3.05, 3.63) is 53.6 Å². The Morgan fingerprint density at radius 1 is 1.03 bits per heavy atom. The Labute approximate surface area is 180 Å². The molecule has 1 aromatic carbocycles. The number of carbonyl (C=O) groups is 1. The van der Waals surface area contributed by atoms with E-state index in [-0.39, 0.29) is 0 Å². The van der Waals surface area contributed by atoms with E-state index in [1.807, 2.05) is 13.1 Å². The van der Waals surface area contributed by atoms with Crippen LogP contribution in [-0.2, 0) is 17.8 Å². The molecule has 4 rings (SSSR count). The molecule has 2 aliphatic heterocycles. The van der Waals surface area contributed by atoms with Crippen LogP contribution in [-0.4, -0.2) is 51.9 Å². The maximum atomic E-state index is 12.7. The maximum Gasteiger partial charge on any atom is 0.222 e. The fourth-order valence-electron chi connectivity index (χ4n) is 5.01. The van der Waals surface area contributed by atoms with E-state index in [1.165, 1.54) is 18.4 Å². The van der Waals surface area contributed by atoms with Gasteiger partial charge in [-0.15, -0.1) is 0 Å². The van der Waals surface area contributed by atoms with Crippen LogP contribution < -0.4 is 0 Å². The number of rotatable bonds is 7. The van der Waals surface area contributed by atoms with E-state index in [1.54, 1.807) is 0 Å². The number of likely N-dealkylation sites (tertiary alicyclic amines) is 2. The van der Waals surface area contributed by atoms with E-state index in [0.29, 0.717) is 11.8 Å². The first-order valence-electron chi connectivity index (χ1n) is 11.7. The molecular weight excluding hydrogens is 372 g/mol. The molecule has 30 heavy (non-hydrogen) atoms. The second-order valence-electron chi connectivity index (χ2n) is 9.28. The predicted octanol–water partition coefficient (Wildman–Crippen LogP) is 4.19. The number of nitrogens with one attached hydrogen (secondary N) is 1. The number of aromatic amines is 1. The number of hydrogen-bond acceptors (Lipinski definition) is 3. The van der Waals surface area contributed by atoms with Crippen LogP contribution >= 0.6 is 0 Å². The van der Waals surface area contributed by atoms with Crippen LogP contribution in [0.2, 0.25) is 0 Å². The van der Waals surface area contributed by atoms with E-state index in [0.717, 1.165) is 82.3 Å². The highest BCUT2D eigenvalue weighted by Gasteiger charge is 2.25. The molecule has 5 nitrogen and oxygen atoms in total. The minimum Gasteiger partial charge on any atom is -0.345 e. The van der Waals surface area contributed by atoms with E-state index >= 15 is 0 Å². The number of imidazole rings is 1. The lowest BCUT2D eigenvalue weighted by molar-refractivity contribution is -0.133. The minimum atomic E-state index is 0.377. The summed E-state index contributed by atoms with van der Waals surface area (Å²) in [5.74, 6) is 2.86. The Morgan fingerprint density at radius 2 is 1.73 bits per heavy atom. The van der Waals surface area contributed by atoms with Crippen LogP contribution in [0.25, 0.3) is 0 Å². The van der Waals surface area contributed by atoms with E-state index in [2.05, 4.69) is 50.1 Å². The molecule has 0 aliphatic carbocycles. The van der Waals surface area contributed by atoms with Gasteiger partial charge in [-0.05, 0) is 75.9 Å². The van der Waals surface area contributed by atoms with Gasteiger partial charge in [0.05, 0.1) is 6.54 Å². The quantitative estimate of drug-likeness (QED) is 0.747. The lowest BCUT2D eigenvalue weighted by atomic mass is 9.89. The van der Waals surface area contributed by atoms with Gasteiger partial charge in [0.15, 0.2) is 0 Å². The number of amides is 1. The van der Waals surface area contributed by atoms with Crippen molar-refractivity contribution in [1.82, 2.24) is 19.8 Å². The molecule has 0 saturated carbocycles. The van der Waals surface area contributed by atoms with Gasteiger partial charge in [-0.3, -0.25) is 9.69 Å². The third-order valence-electron chi connectivity index (χ3n) is 6.94. The number of H-pyrrole nitrogens is 1. The molecule has 2 fully saturated rings. The Balaban J connectivity index is 1.12. The van der Waals surface area contributed by atoms with Crippen LogP contribution in [0.1, 0.15) is 55.6 Å². The average molecular weight is 409 g/mol. The van der Waals surface area contributed by atoms with Crippen LogP contribution in [0, 0.1) is 18.8 Å². The van der Waals surface area contributed by atoms with Gasteiger partial charge >= 0.3 is 0 Å².